The number of rotatable bonds is 4. The van der Waals surface area contributed by atoms with E-state index in [1.165, 1.54) is 5.56 Å². The molecule has 0 aliphatic heterocycles. The van der Waals surface area contributed by atoms with E-state index < -0.39 is 7.37 Å². The molecule has 0 atom stereocenters. The molecule has 0 fully saturated rings. The molecule has 0 aliphatic rings. The summed E-state index contributed by atoms with van der Waals surface area (Å²) < 4.78 is 18.6. The van der Waals surface area contributed by atoms with Gasteiger partial charge >= 0.3 is 0 Å². The first kappa shape index (κ1) is 18.3. The summed E-state index contributed by atoms with van der Waals surface area (Å²) >= 11 is 0. The average Bonchev–Trinajstić information content (AvgIpc) is 2.36. The Morgan fingerprint density at radius 3 is 1.86 bits per heavy atom. The van der Waals surface area contributed by atoms with Crippen molar-refractivity contribution >= 4 is 7.37 Å². The molecule has 0 bridgehead atoms. The zero-order valence-corrected chi connectivity index (χ0v) is 15.8. The lowest BCUT2D eigenvalue weighted by atomic mass is 9.80. The van der Waals surface area contributed by atoms with Gasteiger partial charge in [0, 0.05) is 17.9 Å². The molecular weight excluding hydrogens is 279 g/mol. The molecule has 2 nitrogen and oxygen atoms in total. The van der Waals surface area contributed by atoms with E-state index in [1.807, 2.05) is 19.9 Å². The van der Waals surface area contributed by atoms with Crippen molar-refractivity contribution < 1.29 is 9.09 Å². The van der Waals surface area contributed by atoms with Gasteiger partial charge in [0.25, 0.3) is 0 Å². The summed E-state index contributed by atoms with van der Waals surface area (Å²) in [6.07, 6.45) is 1.15. The predicted octanol–water partition coefficient (Wildman–Crippen LogP) is 5.98. The molecule has 0 amide bonds. The molecule has 3 heteroatoms. The van der Waals surface area contributed by atoms with Gasteiger partial charge in [0.05, 0.1) is 0 Å². The normalized spacial score (nSPS) is 13.3. The van der Waals surface area contributed by atoms with Crippen LogP contribution in [0.4, 0.5) is 0 Å². The highest BCUT2D eigenvalue weighted by Gasteiger charge is 2.27. The molecule has 0 N–H and O–H groups in total. The van der Waals surface area contributed by atoms with Crippen LogP contribution in [0.2, 0.25) is 0 Å². The van der Waals surface area contributed by atoms with Crippen molar-refractivity contribution in [3.05, 3.63) is 29.3 Å². The van der Waals surface area contributed by atoms with E-state index in [4.69, 9.17) is 4.52 Å². The van der Waals surface area contributed by atoms with Gasteiger partial charge in [-0.3, -0.25) is 4.57 Å². The van der Waals surface area contributed by atoms with Crippen molar-refractivity contribution in [3.8, 4) is 5.75 Å². The largest absolute Gasteiger partial charge is 0.442 e. The molecule has 1 rings (SSSR count). The molecule has 0 saturated heterocycles. The summed E-state index contributed by atoms with van der Waals surface area (Å²) in [5.74, 6) is 0.780. The monoisotopic (exact) mass is 310 g/mol. The van der Waals surface area contributed by atoms with Crippen molar-refractivity contribution in [2.24, 2.45) is 0 Å². The van der Waals surface area contributed by atoms with E-state index in [0.717, 1.165) is 11.3 Å². The summed E-state index contributed by atoms with van der Waals surface area (Å²) in [5.41, 5.74) is 2.47. The van der Waals surface area contributed by atoms with Gasteiger partial charge in [-0.1, -0.05) is 67.5 Å². The number of hydrogen-bond acceptors (Lipinski definition) is 2. The highest BCUT2D eigenvalue weighted by Crippen LogP contribution is 2.49. The van der Waals surface area contributed by atoms with Crippen LogP contribution in [-0.4, -0.2) is 12.3 Å². The zero-order valence-electron chi connectivity index (χ0n) is 14.9. The summed E-state index contributed by atoms with van der Waals surface area (Å²) in [6.45, 7) is 17.0. The lowest BCUT2D eigenvalue weighted by molar-refractivity contribution is 0.467. The summed E-state index contributed by atoms with van der Waals surface area (Å²) in [6, 6.07) is 6.31. The first-order valence-corrected chi connectivity index (χ1v) is 9.85. The lowest BCUT2D eigenvalue weighted by Gasteiger charge is -2.28. The molecule has 0 aromatic heterocycles. The first-order valence-electron chi connectivity index (χ1n) is 7.85. The van der Waals surface area contributed by atoms with Crippen LogP contribution in [-0.2, 0) is 15.4 Å². The van der Waals surface area contributed by atoms with E-state index >= 15 is 0 Å². The van der Waals surface area contributed by atoms with Gasteiger partial charge in [-0.05, 0) is 22.5 Å². The molecule has 0 unspecified atom stereocenters. The van der Waals surface area contributed by atoms with Gasteiger partial charge in [-0.25, -0.2) is 0 Å². The maximum Gasteiger partial charge on any atom is 0.247 e. The van der Waals surface area contributed by atoms with Crippen molar-refractivity contribution in [3.63, 3.8) is 0 Å². The Balaban J connectivity index is 3.37. The van der Waals surface area contributed by atoms with Crippen LogP contribution in [0.3, 0.4) is 0 Å². The molecule has 0 aliphatic carbocycles. The topological polar surface area (TPSA) is 26.3 Å². The summed E-state index contributed by atoms with van der Waals surface area (Å²) in [7, 11) is -2.56. The Kier molecular flexibility index (Phi) is 5.37. The van der Waals surface area contributed by atoms with Gasteiger partial charge in [-0.15, -0.1) is 0 Å². The Morgan fingerprint density at radius 2 is 1.48 bits per heavy atom. The molecule has 21 heavy (non-hydrogen) atoms. The second-order valence-corrected chi connectivity index (χ2v) is 10.8. The Hall–Kier alpha value is -0.750. The number of hydrogen-bond donors (Lipinski definition) is 0. The average molecular weight is 310 g/mol. The fourth-order valence-corrected chi connectivity index (χ4v) is 3.42. The minimum Gasteiger partial charge on any atom is -0.442 e. The van der Waals surface area contributed by atoms with E-state index in [0.29, 0.717) is 12.3 Å². The molecular formula is C18H31O2P. The van der Waals surface area contributed by atoms with E-state index in [9.17, 15) is 4.57 Å². The molecule has 0 radical (unpaired) electrons. The molecule has 0 saturated carbocycles. The van der Waals surface area contributed by atoms with Crippen LogP contribution in [0.25, 0.3) is 0 Å². The Labute approximate surface area is 130 Å². The van der Waals surface area contributed by atoms with Crippen LogP contribution in [0.15, 0.2) is 18.2 Å². The second-order valence-electron chi connectivity index (χ2n) is 7.75. The van der Waals surface area contributed by atoms with E-state index in [1.54, 1.807) is 0 Å². The van der Waals surface area contributed by atoms with Crippen LogP contribution in [0, 0.1) is 0 Å². The third kappa shape index (κ3) is 4.61. The SMILES string of the molecule is CCP(=O)(CC)Oc1ccc(C(C)(C)C)cc1C(C)(C)C. The Bertz CT molecular complexity index is 525. The van der Waals surface area contributed by atoms with Gasteiger partial charge in [0.15, 0.2) is 0 Å². The standard InChI is InChI=1S/C18H31O2P/c1-9-21(19,10-2)20-16-12-11-14(17(3,4)5)13-15(16)18(6,7)8/h11-13H,9-10H2,1-8H3. The molecule has 0 heterocycles. The predicted molar refractivity (Wildman–Crippen MR) is 93.2 cm³/mol. The van der Waals surface area contributed by atoms with Crippen molar-refractivity contribution in [1.82, 2.24) is 0 Å². The van der Waals surface area contributed by atoms with Crippen LogP contribution < -0.4 is 4.52 Å². The van der Waals surface area contributed by atoms with Crippen molar-refractivity contribution in [1.29, 1.82) is 0 Å². The minimum atomic E-state index is -2.56. The first-order chi connectivity index (χ1) is 9.43. The highest BCUT2D eigenvalue weighted by molar-refractivity contribution is 7.59. The third-order valence-corrected chi connectivity index (χ3v) is 6.34. The molecule has 0 spiro atoms. The zero-order chi connectivity index (χ0) is 16.5. The number of benzene rings is 1. The Morgan fingerprint density at radius 1 is 0.952 bits per heavy atom. The van der Waals surface area contributed by atoms with E-state index in [2.05, 4.69) is 53.7 Å². The van der Waals surface area contributed by atoms with Crippen molar-refractivity contribution in [2.45, 2.75) is 66.2 Å². The fourth-order valence-electron chi connectivity index (χ4n) is 2.19. The fraction of sp³-hybridized carbons (Fsp3) is 0.667. The van der Waals surface area contributed by atoms with Crippen LogP contribution >= 0.6 is 7.37 Å². The maximum atomic E-state index is 12.7. The molecule has 1 aromatic rings. The van der Waals surface area contributed by atoms with E-state index in [-0.39, 0.29) is 10.8 Å². The van der Waals surface area contributed by atoms with Gasteiger partial charge < -0.3 is 4.52 Å². The van der Waals surface area contributed by atoms with Crippen molar-refractivity contribution in [2.75, 3.05) is 12.3 Å². The quantitative estimate of drug-likeness (QED) is 0.640. The summed E-state index contributed by atoms with van der Waals surface area (Å²) in [4.78, 5) is 0. The lowest BCUT2D eigenvalue weighted by Crippen LogP contribution is -2.17. The molecule has 120 valence electrons. The van der Waals surface area contributed by atoms with Crippen LogP contribution in [0.1, 0.15) is 66.5 Å². The van der Waals surface area contributed by atoms with Gasteiger partial charge in [-0.2, -0.15) is 0 Å². The maximum absolute atomic E-state index is 12.7. The summed E-state index contributed by atoms with van der Waals surface area (Å²) in [5, 5.41) is 0. The van der Waals surface area contributed by atoms with Gasteiger partial charge in [0.2, 0.25) is 7.37 Å². The smallest absolute Gasteiger partial charge is 0.247 e. The second kappa shape index (κ2) is 6.16. The third-order valence-electron chi connectivity index (χ3n) is 3.88. The highest BCUT2D eigenvalue weighted by atomic mass is 31.2. The molecule has 1 aromatic carbocycles. The van der Waals surface area contributed by atoms with Crippen LogP contribution in [0.5, 0.6) is 5.75 Å². The minimum absolute atomic E-state index is 0.0388. The van der Waals surface area contributed by atoms with Gasteiger partial charge in [0.1, 0.15) is 5.75 Å².